The van der Waals surface area contributed by atoms with Crippen LogP contribution in [-0.4, -0.2) is 29.8 Å². The Labute approximate surface area is 112 Å². The van der Waals surface area contributed by atoms with Crippen LogP contribution in [0, 0.1) is 5.92 Å². The Hall–Kier alpha value is 0.635. The van der Waals surface area contributed by atoms with E-state index in [1.54, 1.807) is 0 Å². The van der Waals surface area contributed by atoms with Crippen molar-refractivity contribution in [3.8, 4) is 0 Å². The third-order valence-corrected chi connectivity index (χ3v) is 3.46. The van der Waals surface area contributed by atoms with Crippen molar-refractivity contribution in [3.05, 3.63) is 0 Å². The van der Waals surface area contributed by atoms with Gasteiger partial charge in [0.15, 0.2) is 5.79 Å². The number of alkyl halides is 1. The fraction of sp³-hybridized carbons (Fsp3) is 1.00. The summed E-state index contributed by atoms with van der Waals surface area (Å²) in [5, 5.41) is 2.59. The maximum atomic E-state index is 5.96. The maximum Gasteiger partial charge on any atom is 0.225 e. The fourth-order valence-electron chi connectivity index (χ4n) is 2.22. The third-order valence-electron chi connectivity index (χ3n) is 2.84. The lowest BCUT2D eigenvalue weighted by atomic mass is 9.77. The molecule has 0 saturated carbocycles. The summed E-state index contributed by atoms with van der Waals surface area (Å²) in [5.74, 6) is 5.29. The van der Waals surface area contributed by atoms with E-state index in [1.165, 1.54) is 0 Å². The minimum absolute atomic E-state index is 0.147. The van der Waals surface area contributed by atoms with Crippen molar-refractivity contribution in [2.24, 2.45) is 11.8 Å². The van der Waals surface area contributed by atoms with Gasteiger partial charge < -0.3 is 14.8 Å². The van der Waals surface area contributed by atoms with Crippen LogP contribution in [-0.2, 0) is 9.47 Å². The van der Waals surface area contributed by atoms with Crippen LogP contribution in [0.5, 0.6) is 0 Å². The Morgan fingerprint density at radius 2 is 2.19 bits per heavy atom. The molecule has 0 bridgehead atoms. The first-order valence-corrected chi connectivity index (χ1v) is 7.22. The Balaban J connectivity index is 2.56. The maximum absolute atomic E-state index is 5.96. The highest BCUT2D eigenvalue weighted by atomic mass is 127. The highest BCUT2D eigenvalue weighted by molar-refractivity contribution is 14.1. The van der Waals surface area contributed by atoms with Crippen molar-refractivity contribution in [1.29, 1.82) is 0 Å². The molecule has 1 unspecified atom stereocenters. The second kappa shape index (κ2) is 6.54. The molecule has 0 spiro atoms. The van der Waals surface area contributed by atoms with E-state index in [4.69, 9.17) is 15.3 Å². The van der Waals surface area contributed by atoms with Crippen molar-refractivity contribution in [3.63, 3.8) is 0 Å². The van der Waals surface area contributed by atoms with Crippen LogP contribution in [0.4, 0.5) is 0 Å². The van der Waals surface area contributed by atoms with Gasteiger partial charge in [0, 0.05) is 0 Å². The summed E-state index contributed by atoms with van der Waals surface area (Å²) in [6, 6.07) is 0. The van der Waals surface area contributed by atoms with Crippen LogP contribution in [0.15, 0.2) is 0 Å². The average Bonchev–Trinajstić information content (AvgIpc) is 2.47. The standard InChI is InChI=1S/C10H21BIN2O2/c1-7-9(16-10(2,3)15-7)8(4-5-12)6-11-14-13/h7-9,14H,4-6,13H2,1-3H3/t7?,8-,9-/m1/s1. The van der Waals surface area contributed by atoms with Crippen LogP contribution in [0.1, 0.15) is 27.2 Å². The molecular formula is C10H21BIN2O2. The third kappa shape index (κ3) is 4.14. The number of hydrogen-bond donors (Lipinski definition) is 2. The molecule has 16 heavy (non-hydrogen) atoms. The van der Waals surface area contributed by atoms with Crippen molar-refractivity contribution in [1.82, 2.24) is 5.34 Å². The van der Waals surface area contributed by atoms with Crippen LogP contribution in [0.2, 0.25) is 6.32 Å². The van der Waals surface area contributed by atoms with E-state index in [1.807, 2.05) is 21.3 Å². The molecule has 1 rings (SSSR count). The number of ether oxygens (including phenoxy) is 2. The Bertz CT molecular complexity index is 219. The number of rotatable bonds is 6. The molecule has 1 aliphatic heterocycles. The monoisotopic (exact) mass is 339 g/mol. The van der Waals surface area contributed by atoms with Gasteiger partial charge in [-0.1, -0.05) is 28.9 Å². The fourth-order valence-corrected chi connectivity index (χ4v) is 3.02. The summed E-state index contributed by atoms with van der Waals surface area (Å²) in [5.41, 5.74) is 0. The topological polar surface area (TPSA) is 56.5 Å². The van der Waals surface area contributed by atoms with E-state index in [0.717, 1.165) is 17.2 Å². The second-order valence-corrected chi connectivity index (χ2v) is 5.73. The van der Waals surface area contributed by atoms with Crippen LogP contribution < -0.4 is 11.2 Å². The van der Waals surface area contributed by atoms with E-state index in [-0.39, 0.29) is 12.2 Å². The van der Waals surface area contributed by atoms with Crippen molar-refractivity contribution in [2.75, 3.05) is 4.43 Å². The largest absolute Gasteiger partial charge is 0.345 e. The predicted octanol–water partition coefficient (Wildman–Crippen LogP) is 1.47. The van der Waals surface area contributed by atoms with Crippen LogP contribution in [0.3, 0.4) is 0 Å². The highest BCUT2D eigenvalue weighted by Gasteiger charge is 2.42. The SMILES string of the molecule is CC1OC(C)(C)O[C@H]1[C@@H](C[B]NN)CCI. The van der Waals surface area contributed by atoms with E-state index in [2.05, 4.69) is 34.9 Å². The predicted molar refractivity (Wildman–Crippen MR) is 74.4 cm³/mol. The van der Waals surface area contributed by atoms with Crippen molar-refractivity contribution >= 4 is 30.0 Å². The van der Waals surface area contributed by atoms with E-state index in [9.17, 15) is 0 Å². The van der Waals surface area contributed by atoms with Gasteiger partial charge in [0.25, 0.3) is 0 Å². The molecule has 93 valence electrons. The van der Waals surface area contributed by atoms with Gasteiger partial charge in [-0.3, -0.25) is 5.84 Å². The Morgan fingerprint density at radius 1 is 1.50 bits per heavy atom. The summed E-state index contributed by atoms with van der Waals surface area (Å²) in [4.78, 5) is 0. The second-order valence-electron chi connectivity index (χ2n) is 4.65. The molecular weight excluding hydrogens is 318 g/mol. The lowest BCUT2D eigenvalue weighted by Crippen LogP contribution is -2.35. The van der Waals surface area contributed by atoms with Gasteiger partial charge in [-0.05, 0) is 37.5 Å². The van der Waals surface area contributed by atoms with Gasteiger partial charge in [-0.25, -0.2) is 0 Å². The average molecular weight is 339 g/mol. The lowest BCUT2D eigenvalue weighted by molar-refractivity contribution is -0.148. The zero-order valence-electron chi connectivity index (χ0n) is 10.2. The van der Waals surface area contributed by atoms with Gasteiger partial charge in [0.1, 0.15) is 0 Å². The van der Waals surface area contributed by atoms with Crippen molar-refractivity contribution < 1.29 is 9.47 Å². The zero-order chi connectivity index (χ0) is 12.2. The Morgan fingerprint density at radius 3 is 2.62 bits per heavy atom. The molecule has 4 nitrogen and oxygen atoms in total. The Kier molecular flexibility index (Phi) is 6.00. The first kappa shape index (κ1) is 14.7. The van der Waals surface area contributed by atoms with Gasteiger partial charge in [0.05, 0.1) is 12.2 Å². The molecule has 1 heterocycles. The first-order valence-electron chi connectivity index (χ1n) is 5.69. The summed E-state index contributed by atoms with van der Waals surface area (Å²) >= 11 is 2.39. The lowest BCUT2D eigenvalue weighted by Gasteiger charge is -2.24. The van der Waals surface area contributed by atoms with E-state index >= 15 is 0 Å². The number of halogens is 1. The molecule has 1 aliphatic rings. The molecule has 1 radical (unpaired) electrons. The van der Waals surface area contributed by atoms with Crippen LogP contribution >= 0.6 is 22.6 Å². The van der Waals surface area contributed by atoms with Crippen LogP contribution in [0.25, 0.3) is 0 Å². The summed E-state index contributed by atoms with van der Waals surface area (Å²) in [6.07, 6.45) is 2.34. The summed E-state index contributed by atoms with van der Waals surface area (Å²) in [6.45, 7) is 6.01. The molecule has 1 fully saturated rings. The minimum atomic E-state index is -0.455. The smallest absolute Gasteiger partial charge is 0.225 e. The molecule has 3 N–H and O–H groups in total. The molecule has 3 atom stereocenters. The quantitative estimate of drug-likeness (QED) is 0.253. The zero-order valence-corrected chi connectivity index (χ0v) is 12.4. The van der Waals surface area contributed by atoms with Gasteiger partial charge in [-0.2, -0.15) is 0 Å². The minimum Gasteiger partial charge on any atom is -0.345 e. The van der Waals surface area contributed by atoms with Gasteiger partial charge >= 0.3 is 0 Å². The number of hydrogen-bond acceptors (Lipinski definition) is 4. The summed E-state index contributed by atoms with van der Waals surface area (Å²) < 4.78 is 12.9. The number of nitrogens with two attached hydrogens (primary N) is 1. The molecule has 1 saturated heterocycles. The molecule has 0 aromatic heterocycles. The normalized spacial score (nSPS) is 30.3. The van der Waals surface area contributed by atoms with E-state index in [0.29, 0.717) is 5.92 Å². The molecule has 0 amide bonds. The van der Waals surface area contributed by atoms with E-state index < -0.39 is 5.79 Å². The molecule has 0 aromatic rings. The highest BCUT2D eigenvalue weighted by Crippen LogP contribution is 2.34. The first-order chi connectivity index (χ1) is 7.50. The van der Waals surface area contributed by atoms with Gasteiger partial charge in [0.2, 0.25) is 7.41 Å². The molecule has 6 heteroatoms. The number of nitrogens with one attached hydrogen (secondary N) is 1. The number of hydrazine groups is 1. The van der Waals surface area contributed by atoms with Gasteiger partial charge in [-0.15, -0.1) is 0 Å². The molecule has 0 aromatic carbocycles. The molecule has 0 aliphatic carbocycles. The van der Waals surface area contributed by atoms with Crippen molar-refractivity contribution in [2.45, 2.75) is 51.5 Å². The summed E-state index contributed by atoms with van der Waals surface area (Å²) in [7, 11) is 1.89.